The smallest absolute Gasteiger partial charge is 0.274 e. The number of rotatable bonds is 6. The number of carbonyl (C=O) groups is 1. The van der Waals surface area contributed by atoms with Gasteiger partial charge < -0.3 is 9.64 Å². The van der Waals surface area contributed by atoms with Crippen LogP contribution in [0.1, 0.15) is 42.4 Å². The van der Waals surface area contributed by atoms with Crippen molar-refractivity contribution in [1.29, 1.82) is 0 Å². The first-order chi connectivity index (χ1) is 15.8. The maximum Gasteiger partial charge on any atom is 0.274 e. The second-order valence-corrected chi connectivity index (χ2v) is 9.86. The number of nitrogens with zero attached hydrogens (tertiary/aromatic N) is 4. The van der Waals surface area contributed by atoms with Gasteiger partial charge in [0.05, 0.1) is 0 Å². The number of ether oxygens (including phenoxy) is 1. The average Bonchev–Trinajstić information content (AvgIpc) is 3.28. The van der Waals surface area contributed by atoms with Gasteiger partial charge in [0.2, 0.25) is 0 Å². The van der Waals surface area contributed by atoms with Crippen molar-refractivity contribution in [3.63, 3.8) is 0 Å². The van der Waals surface area contributed by atoms with Crippen LogP contribution in [0, 0.1) is 0 Å². The van der Waals surface area contributed by atoms with Gasteiger partial charge in [0.25, 0.3) is 5.91 Å². The number of carbonyl (C=O) groups excluding carboxylic acids is 1. The molecule has 1 saturated heterocycles. The fourth-order valence-corrected chi connectivity index (χ4v) is 4.07. The lowest BCUT2D eigenvalue weighted by Crippen LogP contribution is -2.48. The summed E-state index contributed by atoms with van der Waals surface area (Å²) in [5.41, 5.74) is 2.93. The number of hydrogen-bond acceptors (Lipinski definition) is 4. The molecule has 2 aromatic carbocycles. The molecule has 0 atom stereocenters. The van der Waals surface area contributed by atoms with Crippen LogP contribution in [-0.4, -0.2) is 51.7 Å². The van der Waals surface area contributed by atoms with Crippen molar-refractivity contribution in [2.24, 2.45) is 0 Å². The first-order valence-electron chi connectivity index (χ1n) is 11.3. The summed E-state index contributed by atoms with van der Waals surface area (Å²) in [4.78, 5) is 17.1. The topological polar surface area (TPSA) is 50.6 Å². The standard InChI is InChI=1S/C26H31ClN4O2/c1-26(2,3)21-8-10-22(11-9-21)33-19-31-13-12-24(28-31)25(32)30-16-14-29(15-17-30)18-20-6-4-5-7-23(20)27/h4-13H,14-19H2,1-3H3. The van der Waals surface area contributed by atoms with E-state index in [1.807, 2.05) is 41.3 Å². The lowest BCUT2D eigenvalue weighted by molar-refractivity contribution is 0.0621. The van der Waals surface area contributed by atoms with E-state index in [0.717, 1.165) is 36.0 Å². The van der Waals surface area contributed by atoms with Crippen molar-refractivity contribution in [3.05, 3.63) is 82.6 Å². The summed E-state index contributed by atoms with van der Waals surface area (Å²) in [5.74, 6) is 0.738. The summed E-state index contributed by atoms with van der Waals surface area (Å²) in [6.45, 7) is 10.6. The van der Waals surface area contributed by atoms with E-state index < -0.39 is 0 Å². The van der Waals surface area contributed by atoms with Crippen LogP contribution in [0.2, 0.25) is 5.02 Å². The van der Waals surface area contributed by atoms with Gasteiger partial charge in [-0.1, -0.05) is 62.7 Å². The fourth-order valence-electron chi connectivity index (χ4n) is 3.88. The minimum absolute atomic E-state index is 0.0410. The van der Waals surface area contributed by atoms with Crippen molar-refractivity contribution in [2.75, 3.05) is 26.2 Å². The number of benzene rings is 2. The Labute approximate surface area is 200 Å². The lowest BCUT2D eigenvalue weighted by Gasteiger charge is -2.34. The van der Waals surface area contributed by atoms with Gasteiger partial charge in [0, 0.05) is 43.9 Å². The Morgan fingerprint density at radius 2 is 1.70 bits per heavy atom. The third-order valence-electron chi connectivity index (χ3n) is 5.95. The van der Waals surface area contributed by atoms with Crippen LogP contribution in [-0.2, 0) is 18.7 Å². The SMILES string of the molecule is CC(C)(C)c1ccc(OCn2ccc(C(=O)N3CCN(Cc4ccccc4Cl)CC3)n2)cc1. The highest BCUT2D eigenvalue weighted by molar-refractivity contribution is 6.31. The highest BCUT2D eigenvalue weighted by atomic mass is 35.5. The minimum atomic E-state index is -0.0410. The van der Waals surface area contributed by atoms with Gasteiger partial charge in [-0.3, -0.25) is 9.69 Å². The summed E-state index contributed by atoms with van der Waals surface area (Å²) in [5, 5.41) is 5.21. The van der Waals surface area contributed by atoms with Crippen LogP contribution in [0.3, 0.4) is 0 Å². The minimum Gasteiger partial charge on any atom is -0.471 e. The van der Waals surface area contributed by atoms with E-state index in [1.54, 1.807) is 16.9 Å². The van der Waals surface area contributed by atoms with Gasteiger partial charge in [-0.15, -0.1) is 0 Å². The summed E-state index contributed by atoms with van der Waals surface area (Å²) in [6.07, 6.45) is 1.78. The zero-order valence-corrected chi connectivity index (χ0v) is 20.3. The highest BCUT2D eigenvalue weighted by Crippen LogP contribution is 2.24. The zero-order chi connectivity index (χ0) is 23.4. The third-order valence-corrected chi connectivity index (χ3v) is 6.32. The van der Waals surface area contributed by atoms with E-state index in [-0.39, 0.29) is 18.1 Å². The molecule has 0 unspecified atom stereocenters. The van der Waals surface area contributed by atoms with Crippen molar-refractivity contribution >= 4 is 17.5 Å². The molecule has 174 valence electrons. The molecule has 0 spiro atoms. The Kier molecular flexibility index (Phi) is 7.05. The Balaban J connectivity index is 1.27. The molecular weight excluding hydrogens is 436 g/mol. The summed E-state index contributed by atoms with van der Waals surface area (Å²) >= 11 is 6.28. The molecule has 0 aliphatic carbocycles. The van der Waals surface area contributed by atoms with Gasteiger partial charge in [-0.05, 0) is 40.8 Å². The summed E-state index contributed by atoms with van der Waals surface area (Å²) in [6, 6.07) is 17.8. The van der Waals surface area contributed by atoms with E-state index in [9.17, 15) is 4.79 Å². The fraction of sp³-hybridized carbons (Fsp3) is 0.385. The Morgan fingerprint density at radius 3 is 2.36 bits per heavy atom. The molecule has 1 aliphatic rings. The second kappa shape index (κ2) is 9.98. The predicted octanol–water partition coefficient (Wildman–Crippen LogP) is 4.83. The van der Waals surface area contributed by atoms with Gasteiger partial charge >= 0.3 is 0 Å². The molecule has 1 aromatic heterocycles. The van der Waals surface area contributed by atoms with Crippen molar-refractivity contribution in [3.8, 4) is 5.75 Å². The van der Waals surface area contributed by atoms with E-state index in [4.69, 9.17) is 16.3 Å². The van der Waals surface area contributed by atoms with Crippen LogP contribution in [0.25, 0.3) is 0 Å². The Bertz CT molecular complexity index is 1080. The molecule has 0 bridgehead atoms. The summed E-state index contributed by atoms with van der Waals surface area (Å²) < 4.78 is 7.49. The first kappa shape index (κ1) is 23.3. The maximum absolute atomic E-state index is 12.9. The van der Waals surface area contributed by atoms with Gasteiger partial charge in [-0.25, -0.2) is 4.68 Å². The predicted molar refractivity (Wildman–Crippen MR) is 131 cm³/mol. The van der Waals surface area contributed by atoms with Gasteiger partial charge in [0.1, 0.15) is 5.75 Å². The first-order valence-corrected chi connectivity index (χ1v) is 11.7. The molecule has 0 N–H and O–H groups in total. The molecule has 7 heteroatoms. The van der Waals surface area contributed by atoms with Crippen LogP contribution in [0.15, 0.2) is 60.8 Å². The Morgan fingerprint density at radius 1 is 1.00 bits per heavy atom. The largest absolute Gasteiger partial charge is 0.471 e. The molecule has 1 fully saturated rings. The number of hydrogen-bond donors (Lipinski definition) is 0. The third kappa shape index (κ3) is 5.95. The molecule has 0 saturated carbocycles. The van der Waals surface area contributed by atoms with Gasteiger partial charge in [0.15, 0.2) is 12.4 Å². The molecule has 2 heterocycles. The Hall–Kier alpha value is -2.83. The van der Waals surface area contributed by atoms with Crippen molar-refractivity contribution in [1.82, 2.24) is 19.6 Å². The van der Waals surface area contributed by atoms with Gasteiger partial charge in [-0.2, -0.15) is 5.10 Å². The zero-order valence-electron chi connectivity index (χ0n) is 19.5. The molecule has 33 heavy (non-hydrogen) atoms. The summed E-state index contributed by atoms with van der Waals surface area (Å²) in [7, 11) is 0. The van der Waals surface area contributed by atoms with Crippen LogP contribution in [0.4, 0.5) is 0 Å². The van der Waals surface area contributed by atoms with E-state index in [2.05, 4.69) is 42.9 Å². The number of halogens is 1. The highest BCUT2D eigenvalue weighted by Gasteiger charge is 2.24. The number of amides is 1. The van der Waals surface area contributed by atoms with E-state index in [1.165, 1.54) is 5.56 Å². The molecule has 1 aliphatic heterocycles. The number of aromatic nitrogens is 2. The molecule has 4 rings (SSSR count). The lowest BCUT2D eigenvalue weighted by atomic mass is 9.87. The molecule has 0 radical (unpaired) electrons. The van der Waals surface area contributed by atoms with E-state index in [0.29, 0.717) is 18.8 Å². The molecule has 1 amide bonds. The van der Waals surface area contributed by atoms with Crippen LogP contribution in [0.5, 0.6) is 5.75 Å². The quantitative estimate of drug-likeness (QED) is 0.522. The molecular formula is C26H31ClN4O2. The number of piperazine rings is 1. The maximum atomic E-state index is 12.9. The normalized spacial score (nSPS) is 15.0. The van der Waals surface area contributed by atoms with Crippen LogP contribution >= 0.6 is 11.6 Å². The second-order valence-electron chi connectivity index (χ2n) is 9.45. The van der Waals surface area contributed by atoms with Crippen molar-refractivity contribution in [2.45, 2.75) is 39.5 Å². The van der Waals surface area contributed by atoms with E-state index >= 15 is 0 Å². The monoisotopic (exact) mass is 466 g/mol. The molecule has 6 nitrogen and oxygen atoms in total. The van der Waals surface area contributed by atoms with Crippen LogP contribution < -0.4 is 4.74 Å². The van der Waals surface area contributed by atoms with Crippen molar-refractivity contribution < 1.29 is 9.53 Å². The molecule has 3 aromatic rings. The average molecular weight is 467 g/mol.